The third-order valence-electron chi connectivity index (χ3n) is 3.83. The summed E-state index contributed by atoms with van der Waals surface area (Å²) in [7, 11) is 3.85. The molecule has 0 aromatic rings. The van der Waals surface area contributed by atoms with Crippen LogP contribution in [0.5, 0.6) is 0 Å². The summed E-state index contributed by atoms with van der Waals surface area (Å²) < 4.78 is 10.9. The molecule has 0 saturated heterocycles. The molecular formula is C18H35NO4. The van der Waals surface area contributed by atoms with Crippen LogP contribution in [0.15, 0.2) is 0 Å². The van der Waals surface area contributed by atoms with Gasteiger partial charge in [0, 0.05) is 6.54 Å². The largest absolute Gasteiger partial charge is 0.464 e. The van der Waals surface area contributed by atoms with Crippen molar-refractivity contribution in [1.82, 2.24) is 4.90 Å². The number of hydrogen-bond donors (Lipinski definition) is 0. The molecule has 23 heavy (non-hydrogen) atoms. The minimum Gasteiger partial charge on any atom is -0.464 e. The molecule has 0 saturated carbocycles. The van der Waals surface area contributed by atoms with Crippen molar-refractivity contribution in [3.8, 4) is 0 Å². The molecule has 1 atom stereocenters. The lowest BCUT2D eigenvalue weighted by molar-refractivity contribution is -0.171. The Balaban J connectivity index is 4.92. The minimum absolute atomic E-state index is 0.262. The predicted molar refractivity (Wildman–Crippen MR) is 92.2 cm³/mol. The predicted octanol–water partition coefficient (Wildman–Crippen LogP) is 3.27. The fraction of sp³-hybridized carbons (Fsp3) is 0.889. The molecule has 1 unspecified atom stereocenters. The van der Waals surface area contributed by atoms with Crippen molar-refractivity contribution in [3.05, 3.63) is 0 Å². The van der Waals surface area contributed by atoms with Gasteiger partial charge in [-0.25, -0.2) is 0 Å². The molecule has 0 aliphatic heterocycles. The van der Waals surface area contributed by atoms with Crippen LogP contribution in [0.4, 0.5) is 0 Å². The number of likely N-dealkylation sites (N-methyl/N-ethyl adjacent to an activating group) is 1. The van der Waals surface area contributed by atoms with Gasteiger partial charge < -0.3 is 14.4 Å². The summed E-state index contributed by atoms with van der Waals surface area (Å²) in [6.07, 6.45) is 1.00. The van der Waals surface area contributed by atoms with Crippen molar-refractivity contribution in [1.29, 1.82) is 0 Å². The number of esters is 2. The van der Waals surface area contributed by atoms with Crippen molar-refractivity contribution in [2.75, 3.05) is 27.2 Å². The van der Waals surface area contributed by atoms with Gasteiger partial charge in [0.15, 0.2) is 0 Å². The number of nitrogens with zero attached hydrogens (tertiary/aromatic N) is 1. The van der Waals surface area contributed by atoms with E-state index >= 15 is 0 Å². The van der Waals surface area contributed by atoms with Crippen LogP contribution in [0.25, 0.3) is 0 Å². The second kappa shape index (κ2) is 8.13. The molecule has 136 valence electrons. The van der Waals surface area contributed by atoms with Crippen LogP contribution in [0.2, 0.25) is 0 Å². The lowest BCUT2D eigenvalue weighted by atomic mass is 9.72. The number of carbonyl (C=O) groups excluding carboxylic acids is 2. The van der Waals surface area contributed by atoms with Gasteiger partial charge in [-0.1, -0.05) is 6.92 Å². The lowest BCUT2D eigenvalue weighted by Gasteiger charge is -2.35. The maximum Gasteiger partial charge on any atom is 0.312 e. The lowest BCUT2D eigenvalue weighted by Crippen LogP contribution is -2.41. The number of ether oxygens (including phenoxy) is 2. The molecule has 0 spiro atoms. The van der Waals surface area contributed by atoms with Gasteiger partial charge in [0.1, 0.15) is 12.2 Å². The van der Waals surface area contributed by atoms with E-state index in [2.05, 4.69) is 0 Å². The monoisotopic (exact) mass is 329 g/mol. The highest BCUT2D eigenvalue weighted by atomic mass is 16.6. The van der Waals surface area contributed by atoms with Crippen LogP contribution in [0.3, 0.4) is 0 Å². The molecule has 0 radical (unpaired) electrons. The Kier molecular flexibility index (Phi) is 7.74. The maximum atomic E-state index is 12.5. The third kappa shape index (κ3) is 7.82. The van der Waals surface area contributed by atoms with E-state index in [1.165, 1.54) is 0 Å². The molecule has 0 aliphatic carbocycles. The zero-order chi connectivity index (χ0) is 18.5. The zero-order valence-corrected chi connectivity index (χ0v) is 16.4. The Bertz CT molecular complexity index is 410. The SMILES string of the molecule is CCC(C)(CC(C)(C)C(=O)OCCN(C)C)C(=O)OC(C)(C)C. The molecule has 5 heteroatoms. The second-order valence-electron chi connectivity index (χ2n) is 8.42. The number of hydrogen-bond acceptors (Lipinski definition) is 5. The summed E-state index contributed by atoms with van der Waals surface area (Å²) in [6, 6.07) is 0. The summed E-state index contributed by atoms with van der Waals surface area (Å²) in [6.45, 7) is 14.0. The normalized spacial score (nSPS) is 15.2. The Morgan fingerprint density at radius 2 is 1.48 bits per heavy atom. The molecule has 0 aromatic heterocycles. The Morgan fingerprint density at radius 3 is 1.87 bits per heavy atom. The van der Waals surface area contributed by atoms with Gasteiger partial charge in [-0.3, -0.25) is 9.59 Å². The molecule has 0 heterocycles. The average Bonchev–Trinajstić information content (AvgIpc) is 2.35. The highest BCUT2D eigenvalue weighted by Gasteiger charge is 2.43. The van der Waals surface area contributed by atoms with Crippen LogP contribution in [-0.2, 0) is 19.1 Å². The molecule has 0 aromatic carbocycles. The van der Waals surface area contributed by atoms with Crippen LogP contribution < -0.4 is 0 Å². The topological polar surface area (TPSA) is 55.8 Å². The van der Waals surface area contributed by atoms with Crippen molar-refractivity contribution >= 4 is 11.9 Å². The molecule has 0 N–H and O–H groups in total. The Hall–Kier alpha value is -1.10. The van der Waals surface area contributed by atoms with Crippen LogP contribution in [0.1, 0.15) is 61.3 Å². The van der Waals surface area contributed by atoms with Gasteiger partial charge in [0.25, 0.3) is 0 Å². The van der Waals surface area contributed by atoms with E-state index in [0.29, 0.717) is 26.0 Å². The highest BCUT2D eigenvalue weighted by Crippen LogP contribution is 2.39. The quantitative estimate of drug-likeness (QED) is 0.640. The summed E-state index contributed by atoms with van der Waals surface area (Å²) in [5.41, 5.74) is -1.99. The molecule has 0 aliphatic rings. The first-order chi connectivity index (χ1) is 10.2. The van der Waals surface area contributed by atoms with E-state index in [-0.39, 0.29) is 11.9 Å². The van der Waals surface area contributed by atoms with E-state index in [1.54, 1.807) is 0 Å². The first-order valence-corrected chi connectivity index (χ1v) is 8.29. The summed E-state index contributed by atoms with van der Waals surface area (Å²) in [5.74, 6) is -0.538. The van der Waals surface area contributed by atoms with Gasteiger partial charge in [-0.15, -0.1) is 0 Å². The molecule has 0 amide bonds. The molecule has 0 bridgehead atoms. The van der Waals surface area contributed by atoms with Gasteiger partial charge in [0.05, 0.1) is 10.8 Å². The minimum atomic E-state index is -0.742. The fourth-order valence-electron chi connectivity index (χ4n) is 2.31. The van der Waals surface area contributed by atoms with E-state index in [0.717, 1.165) is 0 Å². The number of rotatable bonds is 8. The standard InChI is InChI=1S/C18H35NO4/c1-10-18(7,15(21)23-16(2,3)4)13-17(5,6)14(20)22-12-11-19(8)9/h10-13H2,1-9H3. The van der Waals surface area contributed by atoms with E-state index in [9.17, 15) is 9.59 Å². The smallest absolute Gasteiger partial charge is 0.312 e. The highest BCUT2D eigenvalue weighted by molar-refractivity contribution is 5.80. The van der Waals surface area contributed by atoms with Crippen molar-refractivity contribution in [2.24, 2.45) is 10.8 Å². The van der Waals surface area contributed by atoms with Gasteiger partial charge >= 0.3 is 11.9 Å². The van der Waals surface area contributed by atoms with Crippen molar-refractivity contribution < 1.29 is 19.1 Å². The van der Waals surface area contributed by atoms with Crippen molar-refractivity contribution in [3.63, 3.8) is 0 Å². The molecular weight excluding hydrogens is 294 g/mol. The average molecular weight is 329 g/mol. The van der Waals surface area contributed by atoms with Crippen molar-refractivity contribution in [2.45, 2.75) is 66.9 Å². The second-order valence-corrected chi connectivity index (χ2v) is 8.42. The fourth-order valence-corrected chi connectivity index (χ4v) is 2.31. The summed E-state index contributed by atoms with van der Waals surface area (Å²) in [5, 5.41) is 0. The van der Waals surface area contributed by atoms with Crippen LogP contribution >= 0.6 is 0 Å². The van der Waals surface area contributed by atoms with Crippen LogP contribution in [0, 0.1) is 10.8 Å². The molecule has 0 rings (SSSR count). The Morgan fingerprint density at radius 1 is 0.957 bits per heavy atom. The maximum absolute atomic E-state index is 12.5. The Labute approximate surface area is 141 Å². The number of carbonyl (C=O) groups is 2. The van der Waals surface area contributed by atoms with Gasteiger partial charge in [-0.05, 0) is 68.5 Å². The first kappa shape index (κ1) is 21.9. The van der Waals surface area contributed by atoms with Crippen LogP contribution in [-0.4, -0.2) is 49.7 Å². The van der Waals surface area contributed by atoms with E-state index < -0.39 is 16.4 Å². The zero-order valence-electron chi connectivity index (χ0n) is 16.4. The first-order valence-electron chi connectivity index (χ1n) is 8.29. The van der Waals surface area contributed by atoms with E-state index in [1.807, 2.05) is 67.5 Å². The molecule has 0 fully saturated rings. The summed E-state index contributed by atoms with van der Waals surface area (Å²) in [4.78, 5) is 26.8. The third-order valence-corrected chi connectivity index (χ3v) is 3.83. The summed E-state index contributed by atoms with van der Waals surface area (Å²) >= 11 is 0. The van der Waals surface area contributed by atoms with Gasteiger partial charge in [0.2, 0.25) is 0 Å². The van der Waals surface area contributed by atoms with E-state index in [4.69, 9.17) is 9.47 Å². The van der Waals surface area contributed by atoms with Gasteiger partial charge in [-0.2, -0.15) is 0 Å². The molecule has 5 nitrogen and oxygen atoms in total.